The summed E-state index contributed by atoms with van der Waals surface area (Å²) in [7, 11) is 0. The second-order valence-corrected chi connectivity index (χ2v) is 11.2. The van der Waals surface area contributed by atoms with E-state index < -0.39 is 5.91 Å². The van der Waals surface area contributed by atoms with E-state index in [0.29, 0.717) is 29.4 Å². The molecule has 3 aromatic carbocycles. The first-order chi connectivity index (χ1) is 20.3. The fraction of sp³-hybridized carbons (Fsp3) is 0.176. The molecule has 0 aliphatic rings. The van der Waals surface area contributed by atoms with Crippen LogP contribution in [0.1, 0.15) is 54.6 Å². The van der Waals surface area contributed by atoms with Gasteiger partial charge in [0.2, 0.25) is 5.91 Å². The molecular weight excluding hydrogens is 544 g/mol. The number of rotatable bonds is 11. The second kappa shape index (κ2) is 14.8. The topological polar surface area (TPSA) is 100 Å². The minimum absolute atomic E-state index is 0.111. The Bertz CT molecular complexity index is 1540. The van der Waals surface area contributed by atoms with Crippen LogP contribution in [0.2, 0.25) is 0 Å². The van der Waals surface area contributed by atoms with Gasteiger partial charge in [0.05, 0.1) is 5.25 Å². The number of carbonyl (C=O) groups is 3. The number of carbonyl (C=O) groups excluding carboxylic acids is 3. The van der Waals surface area contributed by atoms with Crippen LogP contribution in [-0.4, -0.2) is 28.0 Å². The summed E-state index contributed by atoms with van der Waals surface area (Å²) in [5.41, 5.74) is 3.06. The molecule has 214 valence electrons. The van der Waals surface area contributed by atoms with Crippen molar-refractivity contribution in [3.05, 3.63) is 126 Å². The highest BCUT2D eigenvalue weighted by Gasteiger charge is 2.20. The third kappa shape index (κ3) is 8.65. The number of amides is 3. The van der Waals surface area contributed by atoms with Gasteiger partial charge in [-0.1, -0.05) is 75.4 Å². The van der Waals surface area contributed by atoms with Crippen LogP contribution in [-0.2, 0) is 9.59 Å². The van der Waals surface area contributed by atoms with Crippen LogP contribution in [0.4, 0.5) is 11.5 Å². The van der Waals surface area contributed by atoms with E-state index in [9.17, 15) is 14.4 Å². The lowest BCUT2D eigenvalue weighted by Gasteiger charge is -2.15. The van der Waals surface area contributed by atoms with Crippen molar-refractivity contribution >= 4 is 47.1 Å². The first-order valence-corrected chi connectivity index (χ1v) is 14.7. The van der Waals surface area contributed by atoms with E-state index in [1.165, 1.54) is 17.3 Å². The molecule has 0 radical (unpaired) electrons. The number of nitrogens with zero attached hydrogens (tertiary/aromatic N) is 1. The van der Waals surface area contributed by atoms with Gasteiger partial charge in [-0.2, -0.15) is 0 Å². The van der Waals surface area contributed by atoms with Crippen molar-refractivity contribution in [2.75, 3.05) is 10.6 Å². The lowest BCUT2D eigenvalue weighted by atomic mass is 10.0. The van der Waals surface area contributed by atoms with Crippen molar-refractivity contribution in [2.45, 2.75) is 43.3 Å². The highest BCUT2D eigenvalue weighted by molar-refractivity contribution is 8.00. The Morgan fingerprint density at radius 3 is 2.26 bits per heavy atom. The predicted octanol–water partition coefficient (Wildman–Crippen LogP) is 7.12. The van der Waals surface area contributed by atoms with Crippen LogP contribution in [0, 0.1) is 0 Å². The van der Waals surface area contributed by atoms with Crippen molar-refractivity contribution in [1.29, 1.82) is 0 Å². The number of thioether (sulfide) groups is 1. The summed E-state index contributed by atoms with van der Waals surface area (Å²) in [4.78, 5) is 44.3. The predicted molar refractivity (Wildman–Crippen MR) is 170 cm³/mol. The smallest absolute Gasteiger partial charge is 0.272 e. The van der Waals surface area contributed by atoms with E-state index in [1.54, 1.807) is 54.7 Å². The van der Waals surface area contributed by atoms with Gasteiger partial charge in [-0.05, 0) is 72.0 Å². The monoisotopic (exact) mass is 578 g/mol. The molecule has 3 amide bonds. The van der Waals surface area contributed by atoms with Gasteiger partial charge in [-0.15, -0.1) is 11.8 Å². The third-order valence-corrected chi connectivity index (χ3v) is 7.75. The van der Waals surface area contributed by atoms with Crippen LogP contribution < -0.4 is 16.0 Å². The normalized spacial score (nSPS) is 12.0. The average molecular weight is 579 g/mol. The van der Waals surface area contributed by atoms with Gasteiger partial charge < -0.3 is 16.0 Å². The highest BCUT2D eigenvalue weighted by Crippen LogP contribution is 2.28. The zero-order valence-corrected chi connectivity index (χ0v) is 24.7. The maximum atomic E-state index is 13.5. The highest BCUT2D eigenvalue weighted by atomic mass is 32.2. The van der Waals surface area contributed by atoms with Crippen LogP contribution >= 0.6 is 11.8 Å². The molecule has 8 heteroatoms. The van der Waals surface area contributed by atoms with Gasteiger partial charge in [0, 0.05) is 22.3 Å². The molecule has 0 saturated heterocycles. The summed E-state index contributed by atoms with van der Waals surface area (Å²) in [5.74, 6) is -0.118. The Morgan fingerprint density at radius 1 is 0.857 bits per heavy atom. The SMILES string of the molecule is CCC(Sc1cccc(NC(=O)/C(=C\c2ccc(C(C)C)cc2)NC(=O)c2ccccc2)c1)C(=O)Nc1ccccn1. The van der Waals surface area contributed by atoms with Gasteiger partial charge in [0.15, 0.2) is 0 Å². The molecule has 1 atom stereocenters. The maximum Gasteiger partial charge on any atom is 0.272 e. The zero-order chi connectivity index (χ0) is 29.9. The molecule has 0 aliphatic carbocycles. The lowest BCUT2D eigenvalue weighted by molar-refractivity contribution is -0.116. The summed E-state index contributed by atoms with van der Waals surface area (Å²) in [6.45, 7) is 6.18. The molecular formula is C34H34N4O3S. The third-order valence-electron chi connectivity index (χ3n) is 6.39. The summed E-state index contributed by atoms with van der Waals surface area (Å²) < 4.78 is 0. The quantitative estimate of drug-likeness (QED) is 0.130. The molecule has 4 rings (SSSR count). The Hall–Kier alpha value is -4.69. The molecule has 0 bridgehead atoms. The van der Waals surface area contributed by atoms with E-state index in [2.05, 4.69) is 34.8 Å². The van der Waals surface area contributed by atoms with Crippen molar-refractivity contribution in [2.24, 2.45) is 0 Å². The molecule has 1 heterocycles. The van der Waals surface area contributed by atoms with E-state index in [1.807, 2.05) is 61.5 Å². The zero-order valence-electron chi connectivity index (χ0n) is 23.8. The standard InChI is InChI=1S/C34H34N4O3S/c1-4-30(34(41)38-31-15-8-9-20-35-31)42-28-14-10-13-27(22-28)36-33(40)29(37-32(39)26-11-6-5-7-12-26)21-24-16-18-25(19-17-24)23(2)3/h5-23,30H,4H2,1-3H3,(H,36,40)(H,37,39)(H,35,38,41)/b29-21+. The van der Waals surface area contributed by atoms with Crippen molar-refractivity contribution in [3.63, 3.8) is 0 Å². The van der Waals surface area contributed by atoms with E-state index in [-0.39, 0.29) is 22.8 Å². The first-order valence-electron chi connectivity index (χ1n) is 13.8. The molecule has 3 N–H and O–H groups in total. The molecule has 4 aromatic rings. The van der Waals surface area contributed by atoms with Gasteiger partial charge in [0.1, 0.15) is 11.5 Å². The number of hydrogen-bond acceptors (Lipinski definition) is 5. The van der Waals surface area contributed by atoms with E-state index >= 15 is 0 Å². The second-order valence-electron chi connectivity index (χ2n) is 9.90. The minimum atomic E-state index is -0.464. The Morgan fingerprint density at radius 2 is 1.60 bits per heavy atom. The van der Waals surface area contributed by atoms with Crippen LogP contribution in [0.25, 0.3) is 6.08 Å². The first kappa shape index (κ1) is 30.3. The molecule has 0 fully saturated rings. The molecule has 1 unspecified atom stereocenters. The summed E-state index contributed by atoms with van der Waals surface area (Å²) >= 11 is 1.40. The minimum Gasteiger partial charge on any atom is -0.321 e. The lowest BCUT2D eigenvalue weighted by Crippen LogP contribution is -2.30. The number of nitrogens with one attached hydrogen (secondary N) is 3. The molecule has 0 spiro atoms. The molecule has 7 nitrogen and oxygen atoms in total. The molecule has 1 aromatic heterocycles. The van der Waals surface area contributed by atoms with Crippen LogP contribution in [0.3, 0.4) is 0 Å². The van der Waals surface area contributed by atoms with E-state index in [4.69, 9.17) is 0 Å². The average Bonchev–Trinajstić information content (AvgIpc) is 3.00. The fourth-order valence-corrected chi connectivity index (χ4v) is 5.08. The Kier molecular flexibility index (Phi) is 10.7. The van der Waals surface area contributed by atoms with Gasteiger partial charge in [-0.25, -0.2) is 4.98 Å². The summed E-state index contributed by atoms with van der Waals surface area (Å²) in [6.07, 6.45) is 3.89. The number of hydrogen-bond donors (Lipinski definition) is 3. The molecule has 0 saturated carbocycles. The van der Waals surface area contributed by atoms with E-state index in [0.717, 1.165) is 10.5 Å². The number of aromatic nitrogens is 1. The maximum absolute atomic E-state index is 13.5. The van der Waals surface area contributed by atoms with Crippen LogP contribution in [0.15, 0.2) is 114 Å². The molecule has 0 aliphatic heterocycles. The largest absolute Gasteiger partial charge is 0.321 e. The van der Waals surface area contributed by atoms with Crippen molar-refractivity contribution < 1.29 is 14.4 Å². The van der Waals surface area contributed by atoms with Crippen LogP contribution in [0.5, 0.6) is 0 Å². The Balaban J connectivity index is 1.51. The van der Waals surface area contributed by atoms with Gasteiger partial charge in [0.25, 0.3) is 11.8 Å². The van der Waals surface area contributed by atoms with Crippen molar-refractivity contribution in [1.82, 2.24) is 10.3 Å². The number of benzene rings is 3. The number of pyridine rings is 1. The summed E-state index contributed by atoms with van der Waals surface area (Å²) in [5, 5.41) is 8.18. The Labute approximate surface area is 250 Å². The molecule has 42 heavy (non-hydrogen) atoms. The summed E-state index contributed by atoms with van der Waals surface area (Å²) in [6, 6.07) is 29.3. The van der Waals surface area contributed by atoms with Gasteiger partial charge in [-0.3, -0.25) is 14.4 Å². The van der Waals surface area contributed by atoms with Gasteiger partial charge >= 0.3 is 0 Å². The number of anilines is 2. The van der Waals surface area contributed by atoms with Crippen molar-refractivity contribution in [3.8, 4) is 0 Å². The fourth-order valence-electron chi connectivity index (χ4n) is 4.06.